The Balaban J connectivity index is 2.00. The van der Waals surface area contributed by atoms with Crippen LogP contribution in [-0.4, -0.2) is 23.7 Å². The van der Waals surface area contributed by atoms with E-state index in [1.54, 1.807) is 19.1 Å². The molecule has 0 fully saturated rings. The molecule has 150 valence electrons. The maximum Gasteiger partial charge on any atom is 0.338 e. The molecule has 1 atom stereocenters. The van der Waals surface area contributed by atoms with E-state index in [0.29, 0.717) is 17.3 Å². The first kappa shape index (κ1) is 21.9. The zero-order chi connectivity index (χ0) is 20.7. The minimum Gasteiger partial charge on any atom is -0.462 e. The van der Waals surface area contributed by atoms with E-state index in [2.05, 4.69) is 55.7 Å². The Morgan fingerprint density at radius 1 is 1.18 bits per heavy atom. The quantitative estimate of drug-likeness (QED) is 0.495. The molecule has 0 aliphatic heterocycles. The lowest BCUT2D eigenvalue weighted by Gasteiger charge is -2.30. The number of hydrogen-bond acceptors (Lipinski definition) is 3. The highest BCUT2D eigenvalue weighted by Gasteiger charge is 2.23. The topological polar surface area (TPSA) is 50.4 Å². The van der Waals surface area contributed by atoms with Crippen molar-refractivity contribution in [1.82, 2.24) is 5.32 Å². The number of anilines is 1. The van der Waals surface area contributed by atoms with Crippen LogP contribution in [0.4, 0.5) is 5.69 Å². The Morgan fingerprint density at radius 3 is 2.50 bits per heavy atom. The largest absolute Gasteiger partial charge is 0.462 e. The molecule has 0 saturated heterocycles. The minimum absolute atomic E-state index is 0.0308. The predicted octanol–water partition coefficient (Wildman–Crippen LogP) is 5.21. The second-order valence-corrected chi connectivity index (χ2v) is 8.11. The summed E-state index contributed by atoms with van der Waals surface area (Å²) >= 11 is 5.50. The van der Waals surface area contributed by atoms with Gasteiger partial charge >= 0.3 is 5.97 Å². The fourth-order valence-corrected chi connectivity index (χ4v) is 3.62. The Kier molecular flexibility index (Phi) is 7.58. The Morgan fingerprint density at radius 2 is 1.86 bits per heavy atom. The highest BCUT2D eigenvalue weighted by molar-refractivity contribution is 7.80. The van der Waals surface area contributed by atoms with E-state index < -0.39 is 0 Å². The van der Waals surface area contributed by atoms with Gasteiger partial charge in [-0.2, -0.15) is 0 Å². The third-order valence-corrected chi connectivity index (χ3v) is 4.97. The van der Waals surface area contributed by atoms with Crippen LogP contribution in [-0.2, 0) is 10.2 Å². The van der Waals surface area contributed by atoms with Crippen LogP contribution in [0.15, 0.2) is 48.5 Å². The van der Waals surface area contributed by atoms with Crippen LogP contribution in [0.25, 0.3) is 0 Å². The number of carbonyl (C=O) groups is 1. The van der Waals surface area contributed by atoms with Crippen molar-refractivity contribution in [2.24, 2.45) is 0 Å². The molecule has 0 aromatic heterocycles. The molecule has 2 N–H and O–H groups in total. The Bertz CT molecular complexity index is 819. The van der Waals surface area contributed by atoms with Gasteiger partial charge in [-0.25, -0.2) is 4.79 Å². The van der Waals surface area contributed by atoms with Gasteiger partial charge in [0.1, 0.15) is 0 Å². The molecule has 0 aliphatic carbocycles. The summed E-state index contributed by atoms with van der Waals surface area (Å²) in [5.74, 6) is -0.331. The number of thiocarbonyl (C=S) groups is 1. The molecule has 28 heavy (non-hydrogen) atoms. The molecule has 0 spiro atoms. The molecule has 0 radical (unpaired) electrons. The first-order valence-corrected chi connectivity index (χ1v) is 10.0. The summed E-state index contributed by atoms with van der Waals surface area (Å²) in [4.78, 5) is 12.0. The highest BCUT2D eigenvalue weighted by atomic mass is 32.1. The van der Waals surface area contributed by atoms with Gasteiger partial charge in [-0.05, 0) is 68.1 Å². The van der Waals surface area contributed by atoms with Gasteiger partial charge in [0.15, 0.2) is 5.11 Å². The SMILES string of the molecule is CCOC(=O)c1ccc(C)c(NC(=S)N[C@H](C)CC(C)(C)c2ccccc2)c1. The number of hydrogen-bond donors (Lipinski definition) is 2. The fourth-order valence-electron chi connectivity index (χ4n) is 3.30. The maximum atomic E-state index is 12.0. The van der Waals surface area contributed by atoms with Crippen molar-refractivity contribution in [1.29, 1.82) is 0 Å². The molecule has 5 heteroatoms. The average Bonchev–Trinajstić information content (AvgIpc) is 2.63. The van der Waals surface area contributed by atoms with Crippen LogP contribution in [0.5, 0.6) is 0 Å². The summed E-state index contributed by atoms with van der Waals surface area (Å²) in [6, 6.07) is 16.1. The summed E-state index contributed by atoms with van der Waals surface area (Å²) in [5.41, 5.74) is 3.66. The van der Waals surface area contributed by atoms with Crippen molar-refractivity contribution in [2.45, 2.75) is 52.5 Å². The van der Waals surface area contributed by atoms with E-state index in [0.717, 1.165) is 17.7 Å². The Hall–Kier alpha value is -2.40. The van der Waals surface area contributed by atoms with Crippen LogP contribution in [0, 0.1) is 6.92 Å². The second-order valence-electron chi connectivity index (χ2n) is 7.70. The molecule has 2 rings (SSSR count). The molecular weight excluding hydrogens is 368 g/mol. The zero-order valence-corrected chi connectivity index (χ0v) is 18.2. The molecule has 0 saturated carbocycles. The number of esters is 1. The summed E-state index contributed by atoms with van der Waals surface area (Å²) in [6.45, 7) is 10.7. The van der Waals surface area contributed by atoms with Gasteiger partial charge in [0.2, 0.25) is 0 Å². The molecule has 0 heterocycles. The van der Waals surface area contributed by atoms with E-state index >= 15 is 0 Å². The van der Waals surface area contributed by atoms with E-state index in [1.165, 1.54) is 5.56 Å². The summed E-state index contributed by atoms with van der Waals surface area (Å²) in [5, 5.41) is 7.12. The van der Waals surface area contributed by atoms with Gasteiger partial charge in [0.05, 0.1) is 12.2 Å². The predicted molar refractivity (Wildman–Crippen MR) is 120 cm³/mol. The third-order valence-electron chi connectivity index (χ3n) is 4.75. The molecule has 0 aliphatic rings. The Labute approximate surface area is 173 Å². The van der Waals surface area contributed by atoms with Crippen molar-refractivity contribution in [3.63, 3.8) is 0 Å². The van der Waals surface area contributed by atoms with Crippen molar-refractivity contribution in [3.05, 3.63) is 65.2 Å². The smallest absolute Gasteiger partial charge is 0.338 e. The number of benzene rings is 2. The number of nitrogens with one attached hydrogen (secondary N) is 2. The van der Waals surface area contributed by atoms with Crippen molar-refractivity contribution < 1.29 is 9.53 Å². The monoisotopic (exact) mass is 398 g/mol. The molecular formula is C23H30N2O2S. The molecule has 0 bridgehead atoms. The molecule has 0 amide bonds. The number of aryl methyl sites for hydroxylation is 1. The minimum atomic E-state index is -0.331. The van der Waals surface area contributed by atoms with E-state index in [9.17, 15) is 4.79 Å². The van der Waals surface area contributed by atoms with Crippen LogP contribution < -0.4 is 10.6 Å². The summed E-state index contributed by atoms with van der Waals surface area (Å²) < 4.78 is 5.07. The van der Waals surface area contributed by atoms with Crippen LogP contribution >= 0.6 is 12.2 Å². The standard InChI is InChI=1S/C23H30N2O2S/c1-6-27-21(26)18-13-12-16(2)20(14-18)25-22(28)24-17(3)15-23(4,5)19-10-8-7-9-11-19/h7-14,17H,6,15H2,1-5H3,(H2,24,25,28)/t17-/m1/s1. The number of ether oxygens (including phenoxy) is 1. The lowest BCUT2D eigenvalue weighted by atomic mass is 9.79. The van der Waals surface area contributed by atoms with Crippen molar-refractivity contribution >= 4 is 29.0 Å². The van der Waals surface area contributed by atoms with E-state index in [4.69, 9.17) is 17.0 Å². The first-order valence-electron chi connectivity index (χ1n) is 9.63. The third kappa shape index (κ3) is 6.06. The van der Waals surface area contributed by atoms with E-state index in [1.807, 2.05) is 19.1 Å². The summed E-state index contributed by atoms with van der Waals surface area (Å²) in [6.07, 6.45) is 0.931. The summed E-state index contributed by atoms with van der Waals surface area (Å²) in [7, 11) is 0. The van der Waals surface area contributed by atoms with Gasteiger partial charge in [-0.1, -0.05) is 50.2 Å². The van der Waals surface area contributed by atoms with Gasteiger partial charge in [-0.3, -0.25) is 0 Å². The lowest BCUT2D eigenvalue weighted by molar-refractivity contribution is 0.0526. The van der Waals surface area contributed by atoms with Gasteiger partial charge in [0.25, 0.3) is 0 Å². The molecule has 2 aromatic carbocycles. The van der Waals surface area contributed by atoms with Gasteiger partial charge in [-0.15, -0.1) is 0 Å². The van der Waals surface area contributed by atoms with Crippen LogP contribution in [0.3, 0.4) is 0 Å². The first-order chi connectivity index (χ1) is 13.2. The van der Waals surface area contributed by atoms with Gasteiger partial charge < -0.3 is 15.4 Å². The normalized spacial score (nSPS) is 12.2. The zero-order valence-electron chi connectivity index (χ0n) is 17.3. The number of carbonyl (C=O) groups excluding carboxylic acids is 1. The van der Waals surface area contributed by atoms with Crippen molar-refractivity contribution in [2.75, 3.05) is 11.9 Å². The van der Waals surface area contributed by atoms with Crippen LogP contribution in [0.2, 0.25) is 0 Å². The molecule has 4 nitrogen and oxygen atoms in total. The van der Waals surface area contributed by atoms with Crippen molar-refractivity contribution in [3.8, 4) is 0 Å². The second kappa shape index (κ2) is 9.69. The molecule has 0 unspecified atom stereocenters. The lowest BCUT2D eigenvalue weighted by Crippen LogP contribution is -2.39. The molecule has 2 aromatic rings. The van der Waals surface area contributed by atoms with E-state index in [-0.39, 0.29) is 17.4 Å². The highest BCUT2D eigenvalue weighted by Crippen LogP contribution is 2.28. The number of rotatable bonds is 7. The fraction of sp³-hybridized carbons (Fsp3) is 0.391. The van der Waals surface area contributed by atoms with Crippen LogP contribution in [0.1, 0.15) is 55.6 Å². The van der Waals surface area contributed by atoms with Gasteiger partial charge in [0, 0.05) is 11.7 Å². The maximum absolute atomic E-state index is 12.0. The average molecular weight is 399 g/mol.